The number of aliphatic hydroxyl groups is 1. The predicted molar refractivity (Wildman–Crippen MR) is 74.5 cm³/mol. The van der Waals surface area contributed by atoms with Gasteiger partial charge in [0.1, 0.15) is 0 Å². The molecule has 2 saturated carbocycles. The summed E-state index contributed by atoms with van der Waals surface area (Å²) in [6.45, 7) is 2.20. The van der Waals surface area contributed by atoms with Crippen molar-refractivity contribution >= 4 is 0 Å². The predicted octanol–water partition coefficient (Wildman–Crippen LogP) is 3.42. The van der Waals surface area contributed by atoms with Crippen LogP contribution in [0.2, 0.25) is 0 Å². The summed E-state index contributed by atoms with van der Waals surface area (Å²) in [5.74, 6) is 0.609. The van der Waals surface area contributed by atoms with Crippen LogP contribution >= 0.6 is 0 Å². The Hall–Kier alpha value is -0.590. The molecule has 2 aliphatic rings. The quantitative estimate of drug-likeness (QED) is 0.850. The van der Waals surface area contributed by atoms with E-state index < -0.39 is 11.0 Å². The third kappa shape index (κ3) is 2.66. The van der Waals surface area contributed by atoms with Crippen molar-refractivity contribution in [3.63, 3.8) is 0 Å². The molecule has 2 fully saturated rings. The molecule has 0 radical (unpaired) electrons. The largest absolute Gasteiger partial charge is 0.388 e. The second-order valence-electron chi connectivity index (χ2n) is 6.53. The minimum absolute atomic E-state index is 0.265. The molecule has 2 unspecified atom stereocenters. The molecule has 0 heterocycles. The van der Waals surface area contributed by atoms with Crippen molar-refractivity contribution in [1.82, 2.24) is 0 Å². The molecule has 0 aliphatic heterocycles. The van der Waals surface area contributed by atoms with Gasteiger partial charge >= 0.3 is 0 Å². The fraction of sp³-hybridized carbons (Fsp3) is 0.938. The average Bonchev–Trinajstić information content (AvgIpc) is 2.48. The first kappa shape index (κ1) is 14.8. The molecule has 108 valence electrons. The van der Waals surface area contributed by atoms with Gasteiger partial charge in [0.05, 0.1) is 23.2 Å². The fourth-order valence-electron chi connectivity index (χ4n) is 4.15. The summed E-state index contributed by atoms with van der Waals surface area (Å²) in [7, 11) is 1.74. The van der Waals surface area contributed by atoms with Gasteiger partial charge in [0, 0.05) is 7.11 Å². The first-order valence-corrected chi connectivity index (χ1v) is 7.75. The highest BCUT2D eigenvalue weighted by Crippen LogP contribution is 2.52. The van der Waals surface area contributed by atoms with Crippen molar-refractivity contribution in [2.75, 3.05) is 7.11 Å². The lowest BCUT2D eigenvalue weighted by molar-refractivity contribution is -0.124. The Labute approximate surface area is 117 Å². The summed E-state index contributed by atoms with van der Waals surface area (Å²) in [4.78, 5) is 0. The molecule has 2 aliphatic carbocycles. The third-order valence-electron chi connectivity index (χ3n) is 5.63. The van der Waals surface area contributed by atoms with E-state index in [1.165, 1.54) is 6.42 Å². The van der Waals surface area contributed by atoms with Gasteiger partial charge in [-0.25, -0.2) is 0 Å². The Balaban J connectivity index is 2.14. The van der Waals surface area contributed by atoms with E-state index >= 15 is 0 Å². The van der Waals surface area contributed by atoms with Crippen LogP contribution in [0.1, 0.15) is 64.7 Å². The van der Waals surface area contributed by atoms with Gasteiger partial charge in [-0.05, 0) is 44.4 Å². The summed E-state index contributed by atoms with van der Waals surface area (Å²) in [5.41, 5.74) is -1.30. The van der Waals surface area contributed by atoms with E-state index in [0.29, 0.717) is 5.92 Å². The molecule has 1 N–H and O–H groups in total. The number of hydrogen-bond acceptors (Lipinski definition) is 3. The van der Waals surface area contributed by atoms with Crippen LogP contribution < -0.4 is 0 Å². The van der Waals surface area contributed by atoms with Crippen molar-refractivity contribution in [2.45, 2.75) is 76.4 Å². The van der Waals surface area contributed by atoms with Crippen LogP contribution in [0.5, 0.6) is 0 Å². The monoisotopic (exact) mass is 265 g/mol. The second kappa shape index (κ2) is 5.81. The van der Waals surface area contributed by atoms with Crippen LogP contribution in [0.4, 0.5) is 0 Å². The standard InChI is InChI=1S/C16H27NO2/c1-3-13-5-4-8-15(11-13,12-17)16(18)9-6-14(19-2)7-10-16/h13-14,18H,3-11H2,1-2H3. The number of ether oxygens (including phenoxy) is 1. The van der Waals surface area contributed by atoms with Crippen LogP contribution in [0.3, 0.4) is 0 Å². The Morgan fingerprint density at radius 2 is 1.95 bits per heavy atom. The normalized spacial score (nSPS) is 43.7. The highest BCUT2D eigenvalue weighted by atomic mass is 16.5. The molecule has 0 aromatic carbocycles. The highest BCUT2D eigenvalue weighted by molar-refractivity contribution is 5.14. The van der Waals surface area contributed by atoms with Crippen molar-refractivity contribution < 1.29 is 9.84 Å². The number of rotatable bonds is 3. The molecular formula is C16H27NO2. The van der Waals surface area contributed by atoms with Crippen LogP contribution in [0, 0.1) is 22.7 Å². The van der Waals surface area contributed by atoms with Crippen molar-refractivity contribution in [3.8, 4) is 6.07 Å². The zero-order valence-electron chi connectivity index (χ0n) is 12.3. The van der Waals surface area contributed by atoms with Crippen LogP contribution in [-0.4, -0.2) is 23.9 Å². The topological polar surface area (TPSA) is 53.2 Å². The molecule has 3 nitrogen and oxygen atoms in total. The van der Waals surface area contributed by atoms with Gasteiger partial charge in [-0.2, -0.15) is 5.26 Å². The van der Waals surface area contributed by atoms with Gasteiger partial charge in [0.15, 0.2) is 0 Å². The summed E-state index contributed by atoms with van der Waals surface area (Å²) >= 11 is 0. The van der Waals surface area contributed by atoms with Gasteiger partial charge in [0.2, 0.25) is 0 Å². The fourth-order valence-corrected chi connectivity index (χ4v) is 4.15. The van der Waals surface area contributed by atoms with E-state index in [1.54, 1.807) is 7.11 Å². The molecule has 0 spiro atoms. The summed E-state index contributed by atoms with van der Waals surface area (Å²) in [6.07, 6.45) is 8.65. The van der Waals surface area contributed by atoms with Crippen LogP contribution in [0.15, 0.2) is 0 Å². The van der Waals surface area contributed by atoms with E-state index in [0.717, 1.165) is 51.4 Å². The van der Waals surface area contributed by atoms with Crippen LogP contribution in [0.25, 0.3) is 0 Å². The van der Waals surface area contributed by atoms with Crippen molar-refractivity contribution in [2.24, 2.45) is 11.3 Å². The lowest BCUT2D eigenvalue weighted by Crippen LogP contribution is -2.52. The zero-order chi connectivity index (χ0) is 13.9. The number of nitrogens with zero attached hydrogens (tertiary/aromatic N) is 1. The van der Waals surface area contributed by atoms with Crippen molar-refractivity contribution in [1.29, 1.82) is 5.26 Å². The molecule has 2 rings (SSSR count). The zero-order valence-corrected chi connectivity index (χ0v) is 12.3. The van der Waals surface area contributed by atoms with E-state index in [-0.39, 0.29) is 6.10 Å². The summed E-state index contributed by atoms with van der Waals surface area (Å²) in [5, 5.41) is 20.8. The molecule has 0 aromatic rings. The average molecular weight is 265 g/mol. The maximum Gasteiger partial charge on any atom is 0.0862 e. The Morgan fingerprint density at radius 3 is 2.47 bits per heavy atom. The number of methoxy groups -OCH3 is 1. The second-order valence-corrected chi connectivity index (χ2v) is 6.53. The number of hydrogen-bond donors (Lipinski definition) is 1. The maximum absolute atomic E-state index is 11.1. The van der Waals surface area contributed by atoms with E-state index in [1.807, 2.05) is 0 Å². The molecule has 0 saturated heterocycles. The SMILES string of the molecule is CCC1CCCC(C#N)(C2(O)CCC(OC)CC2)C1. The van der Waals surface area contributed by atoms with Gasteiger partial charge in [-0.15, -0.1) is 0 Å². The smallest absolute Gasteiger partial charge is 0.0862 e. The summed E-state index contributed by atoms with van der Waals surface area (Å²) in [6, 6.07) is 2.53. The van der Waals surface area contributed by atoms with Gasteiger partial charge in [0.25, 0.3) is 0 Å². The molecule has 0 bridgehead atoms. The lowest BCUT2D eigenvalue weighted by atomic mass is 9.57. The minimum atomic E-state index is -0.787. The van der Waals surface area contributed by atoms with E-state index in [4.69, 9.17) is 4.74 Å². The lowest BCUT2D eigenvalue weighted by Gasteiger charge is -2.49. The van der Waals surface area contributed by atoms with E-state index in [9.17, 15) is 10.4 Å². The number of nitriles is 1. The van der Waals surface area contributed by atoms with Crippen LogP contribution in [-0.2, 0) is 4.74 Å². The Morgan fingerprint density at radius 1 is 1.26 bits per heavy atom. The Bertz CT molecular complexity index is 341. The highest BCUT2D eigenvalue weighted by Gasteiger charge is 2.53. The summed E-state index contributed by atoms with van der Waals surface area (Å²) < 4.78 is 5.39. The van der Waals surface area contributed by atoms with Gasteiger partial charge < -0.3 is 9.84 Å². The molecule has 2 atom stereocenters. The molecular weight excluding hydrogens is 238 g/mol. The minimum Gasteiger partial charge on any atom is -0.388 e. The first-order chi connectivity index (χ1) is 9.09. The van der Waals surface area contributed by atoms with Gasteiger partial charge in [-0.1, -0.05) is 26.2 Å². The molecule has 3 heteroatoms. The molecule has 19 heavy (non-hydrogen) atoms. The first-order valence-electron chi connectivity index (χ1n) is 7.75. The Kier molecular flexibility index (Phi) is 4.53. The molecule has 0 aromatic heterocycles. The van der Waals surface area contributed by atoms with E-state index in [2.05, 4.69) is 13.0 Å². The van der Waals surface area contributed by atoms with Crippen molar-refractivity contribution in [3.05, 3.63) is 0 Å². The maximum atomic E-state index is 11.1. The van der Waals surface area contributed by atoms with Gasteiger partial charge in [-0.3, -0.25) is 0 Å². The molecule has 0 amide bonds. The third-order valence-corrected chi connectivity index (χ3v) is 5.63.